The first-order valence-corrected chi connectivity index (χ1v) is 6.75. The van der Waals surface area contributed by atoms with Crippen molar-refractivity contribution >= 4 is 0 Å². The number of hydrogen-bond acceptors (Lipinski definition) is 3. The van der Waals surface area contributed by atoms with E-state index < -0.39 is 0 Å². The lowest BCUT2D eigenvalue weighted by molar-refractivity contribution is -0.0774. The predicted octanol–water partition coefficient (Wildman–Crippen LogP) is 1.65. The summed E-state index contributed by atoms with van der Waals surface area (Å²) in [6.45, 7) is 2.01. The Morgan fingerprint density at radius 3 is 2.38 bits per heavy atom. The maximum atomic E-state index is 6.49. The lowest BCUT2D eigenvalue weighted by Crippen LogP contribution is -2.45. The number of hydrogen-bond donors (Lipinski definition) is 1. The Hall–Kier alpha value is -0.120. The van der Waals surface area contributed by atoms with Gasteiger partial charge in [-0.25, -0.2) is 0 Å². The summed E-state index contributed by atoms with van der Waals surface area (Å²) in [6, 6.07) is 0.416. The van der Waals surface area contributed by atoms with Crippen LogP contribution in [0, 0.1) is 17.3 Å². The Bertz CT molecular complexity index is 301. The second-order valence-corrected chi connectivity index (χ2v) is 6.35. The Morgan fingerprint density at radius 2 is 1.81 bits per heavy atom. The van der Waals surface area contributed by atoms with Gasteiger partial charge in [-0.1, -0.05) is 0 Å². The molecule has 1 aliphatic heterocycles. The van der Waals surface area contributed by atoms with Crippen LogP contribution in [0.25, 0.3) is 0 Å². The minimum atomic E-state index is 0.00200. The first kappa shape index (κ1) is 9.86. The standard InChI is InChI=1S/C13H21NO2/c1-7-15-10-5-13(6-11(10)16-7)9-3-2-8(4-9)12(13)14/h7-12H,2-6,14H2,1H3/t7-,8-,9+,10?,11-,12-,13+/m1/s1. The van der Waals surface area contributed by atoms with Crippen LogP contribution >= 0.6 is 0 Å². The molecule has 0 aromatic carbocycles. The van der Waals surface area contributed by atoms with Gasteiger partial charge in [-0.15, -0.1) is 0 Å². The zero-order valence-electron chi connectivity index (χ0n) is 9.89. The van der Waals surface area contributed by atoms with Crippen molar-refractivity contribution in [2.75, 3.05) is 0 Å². The number of fused-ring (bicyclic) bond motifs is 4. The van der Waals surface area contributed by atoms with Crippen LogP contribution in [0.5, 0.6) is 0 Å². The van der Waals surface area contributed by atoms with Crippen LogP contribution in [0.1, 0.15) is 39.0 Å². The van der Waals surface area contributed by atoms with Crippen LogP contribution in [0.2, 0.25) is 0 Å². The molecule has 0 aromatic heterocycles. The maximum Gasteiger partial charge on any atom is 0.155 e. The Morgan fingerprint density at radius 1 is 1.12 bits per heavy atom. The van der Waals surface area contributed by atoms with Gasteiger partial charge in [0.2, 0.25) is 0 Å². The molecule has 7 atom stereocenters. The fourth-order valence-corrected chi connectivity index (χ4v) is 5.10. The summed E-state index contributed by atoms with van der Waals surface area (Å²) >= 11 is 0. The molecule has 4 fully saturated rings. The molecule has 90 valence electrons. The molecule has 1 spiro atoms. The van der Waals surface area contributed by atoms with Gasteiger partial charge < -0.3 is 15.2 Å². The zero-order valence-corrected chi connectivity index (χ0v) is 9.89. The van der Waals surface area contributed by atoms with Crippen molar-refractivity contribution in [1.29, 1.82) is 0 Å². The van der Waals surface area contributed by atoms with Gasteiger partial charge in [-0.3, -0.25) is 0 Å². The minimum absolute atomic E-state index is 0.00200. The molecule has 2 bridgehead atoms. The second-order valence-electron chi connectivity index (χ2n) is 6.35. The van der Waals surface area contributed by atoms with Crippen LogP contribution in [0.3, 0.4) is 0 Å². The molecule has 0 amide bonds. The van der Waals surface area contributed by atoms with Crippen molar-refractivity contribution in [3.05, 3.63) is 0 Å². The van der Waals surface area contributed by atoms with Crippen LogP contribution in [-0.2, 0) is 9.47 Å². The van der Waals surface area contributed by atoms with Crippen molar-refractivity contribution in [1.82, 2.24) is 0 Å². The van der Waals surface area contributed by atoms with Crippen molar-refractivity contribution in [3.63, 3.8) is 0 Å². The molecule has 2 N–H and O–H groups in total. The summed E-state index contributed by atoms with van der Waals surface area (Å²) in [6.07, 6.45) is 7.11. The summed E-state index contributed by atoms with van der Waals surface area (Å²) < 4.78 is 11.7. The third-order valence-corrected chi connectivity index (χ3v) is 5.77. The molecule has 0 aromatic rings. The third-order valence-electron chi connectivity index (χ3n) is 5.77. The van der Waals surface area contributed by atoms with Crippen molar-refractivity contribution in [2.24, 2.45) is 23.0 Å². The van der Waals surface area contributed by atoms with Crippen molar-refractivity contribution < 1.29 is 9.47 Å². The molecule has 3 heteroatoms. The lowest BCUT2D eigenvalue weighted by Gasteiger charge is -2.39. The van der Waals surface area contributed by atoms with Gasteiger partial charge in [0, 0.05) is 6.04 Å². The third kappa shape index (κ3) is 1.05. The Balaban J connectivity index is 1.62. The molecule has 3 nitrogen and oxygen atoms in total. The molecule has 1 heterocycles. The van der Waals surface area contributed by atoms with Gasteiger partial charge in [0.15, 0.2) is 6.29 Å². The average Bonchev–Trinajstić information content (AvgIpc) is 2.89. The van der Waals surface area contributed by atoms with Gasteiger partial charge in [0.1, 0.15) is 0 Å². The van der Waals surface area contributed by atoms with Crippen molar-refractivity contribution in [3.8, 4) is 0 Å². The van der Waals surface area contributed by atoms with Crippen LogP contribution in [0.15, 0.2) is 0 Å². The quantitative estimate of drug-likeness (QED) is 0.679. The Kier molecular flexibility index (Phi) is 1.85. The van der Waals surface area contributed by atoms with Gasteiger partial charge in [-0.2, -0.15) is 0 Å². The van der Waals surface area contributed by atoms with E-state index in [-0.39, 0.29) is 6.29 Å². The van der Waals surface area contributed by atoms with Crippen LogP contribution in [-0.4, -0.2) is 24.5 Å². The minimum Gasteiger partial charge on any atom is -0.347 e. The summed E-state index contributed by atoms with van der Waals surface area (Å²) in [5.41, 5.74) is 6.86. The number of ether oxygens (including phenoxy) is 2. The van der Waals surface area contributed by atoms with E-state index in [0.717, 1.165) is 24.7 Å². The molecule has 16 heavy (non-hydrogen) atoms. The molecule has 4 aliphatic rings. The van der Waals surface area contributed by atoms with Gasteiger partial charge in [-0.05, 0) is 56.3 Å². The Labute approximate surface area is 96.7 Å². The fraction of sp³-hybridized carbons (Fsp3) is 1.00. The monoisotopic (exact) mass is 223 g/mol. The van der Waals surface area contributed by atoms with Crippen LogP contribution in [0.4, 0.5) is 0 Å². The van der Waals surface area contributed by atoms with E-state index in [1.807, 2.05) is 6.92 Å². The summed E-state index contributed by atoms with van der Waals surface area (Å²) in [5, 5.41) is 0. The van der Waals surface area contributed by atoms with E-state index in [0.29, 0.717) is 23.7 Å². The maximum absolute atomic E-state index is 6.49. The molecule has 1 saturated heterocycles. The van der Waals surface area contributed by atoms with E-state index in [9.17, 15) is 0 Å². The smallest absolute Gasteiger partial charge is 0.155 e. The highest BCUT2D eigenvalue weighted by Crippen LogP contribution is 2.63. The van der Waals surface area contributed by atoms with E-state index in [2.05, 4.69) is 0 Å². The zero-order chi connectivity index (χ0) is 10.9. The highest BCUT2D eigenvalue weighted by molar-refractivity contribution is 5.14. The predicted molar refractivity (Wildman–Crippen MR) is 59.7 cm³/mol. The average molecular weight is 223 g/mol. The lowest BCUT2D eigenvalue weighted by atomic mass is 9.68. The van der Waals surface area contributed by atoms with E-state index >= 15 is 0 Å². The highest BCUT2D eigenvalue weighted by Gasteiger charge is 2.63. The van der Waals surface area contributed by atoms with Crippen molar-refractivity contribution in [2.45, 2.75) is 63.6 Å². The van der Waals surface area contributed by atoms with Crippen LogP contribution < -0.4 is 5.73 Å². The molecule has 3 aliphatic carbocycles. The second kappa shape index (κ2) is 3.01. The summed E-state index contributed by atoms with van der Waals surface area (Å²) in [5.74, 6) is 1.65. The largest absolute Gasteiger partial charge is 0.347 e. The topological polar surface area (TPSA) is 44.5 Å². The molecule has 1 unspecified atom stereocenters. The van der Waals surface area contributed by atoms with E-state index in [4.69, 9.17) is 15.2 Å². The summed E-state index contributed by atoms with van der Waals surface area (Å²) in [7, 11) is 0. The normalized spacial score (nSPS) is 63.4. The fourth-order valence-electron chi connectivity index (χ4n) is 5.10. The van der Waals surface area contributed by atoms with Gasteiger partial charge in [0.05, 0.1) is 12.2 Å². The van der Waals surface area contributed by atoms with E-state index in [1.54, 1.807) is 0 Å². The van der Waals surface area contributed by atoms with Gasteiger partial charge >= 0.3 is 0 Å². The molecular weight excluding hydrogens is 202 g/mol. The van der Waals surface area contributed by atoms with Gasteiger partial charge in [0.25, 0.3) is 0 Å². The molecular formula is C13H21NO2. The highest BCUT2D eigenvalue weighted by atomic mass is 16.7. The first-order chi connectivity index (χ1) is 7.69. The number of nitrogens with two attached hydrogens (primary N) is 1. The SMILES string of the molecule is C[C@@H]1OC2C[C@]3(C[C@H]2O1)[C@H]1CC[C@H](C1)[C@H]3N. The summed E-state index contributed by atoms with van der Waals surface area (Å²) in [4.78, 5) is 0. The first-order valence-electron chi connectivity index (χ1n) is 6.75. The molecule has 4 rings (SSSR count). The molecule has 3 saturated carbocycles. The van der Waals surface area contributed by atoms with E-state index in [1.165, 1.54) is 19.3 Å². The molecule has 0 radical (unpaired) electrons. The number of rotatable bonds is 0.